The normalized spacial score (nSPS) is 9.57. The van der Waals surface area contributed by atoms with Crippen molar-refractivity contribution in [1.29, 1.82) is 0 Å². The van der Waals surface area contributed by atoms with E-state index in [1.165, 1.54) is 13.2 Å². The molecule has 1 aromatic rings. The summed E-state index contributed by atoms with van der Waals surface area (Å²) in [5.41, 5.74) is 0.587. The Morgan fingerprint density at radius 2 is 2.36 bits per heavy atom. The second-order valence-electron chi connectivity index (χ2n) is 2.57. The molecule has 1 rings (SSSR count). The Kier molecular flexibility index (Phi) is 3.76. The molecular formula is C9H10BrNO3. The highest BCUT2D eigenvalue weighted by Crippen LogP contribution is 2.28. The number of nitrogens with one attached hydrogen (secondary N) is 1. The fourth-order valence-corrected chi connectivity index (χ4v) is 1.09. The summed E-state index contributed by atoms with van der Waals surface area (Å²) in [5, 5.41) is 12.1. The lowest BCUT2D eigenvalue weighted by atomic mass is 10.3. The predicted molar refractivity (Wildman–Crippen MR) is 57.1 cm³/mol. The molecule has 0 aliphatic rings. The Morgan fingerprint density at radius 1 is 1.64 bits per heavy atom. The first kappa shape index (κ1) is 10.8. The number of hydrogen-bond donors (Lipinski definition) is 2. The lowest BCUT2D eigenvalue weighted by Crippen LogP contribution is -2.12. The highest BCUT2D eigenvalue weighted by atomic mass is 79.9. The maximum Gasteiger partial charge on any atom is 0.235 e. The first-order chi connectivity index (χ1) is 6.67. The molecule has 0 aromatic heterocycles. The summed E-state index contributed by atoms with van der Waals surface area (Å²) in [6, 6.07) is 4.61. The van der Waals surface area contributed by atoms with E-state index in [0.717, 1.165) is 0 Å². The van der Waals surface area contributed by atoms with Gasteiger partial charge in [-0.1, -0.05) is 15.9 Å². The van der Waals surface area contributed by atoms with Crippen LogP contribution in [0.2, 0.25) is 0 Å². The maximum atomic E-state index is 11.0. The average Bonchev–Trinajstić information content (AvgIpc) is 2.20. The van der Waals surface area contributed by atoms with Crippen molar-refractivity contribution in [3.05, 3.63) is 18.2 Å². The van der Waals surface area contributed by atoms with E-state index in [2.05, 4.69) is 21.2 Å². The van der Waals surface area contributed by atoms with Gasteiger partial charge in [-0.25, -0.2) is 0 Å². The van der Waals surface area contributed by atoms with Crippen molar-refractivity contribution in [1.82, 2.24) is 0 Å². The summed E-state index contributed by atoms with van der Waals surface area (Å²) in [4.78, 5) is 11.0. The molecule has 5 heteroatoms. The number of aromatic hydroxyl groups is 1. The van der Waals surface area contributed by atoms with Crippen molar-refractivity contribution < 1.29 is 14.6 Å². The van der Waals surface area contributed by atoms with Gasteiger partial charge in [0, 0.05) is 11.8 Å². The van der Waals surface area contributed by atoms with Gasteiger partial charge >= 0.3 is 0 Å². The topological polar surface area (TPSA) is 58.6 Å². The second kappa shape index (κ2) is 4.85. The molecule has 1 aromatic carbocycles. The number of amides is 1. The third-order valence-corrected chi connectivity index (χ3v) is 2.09. The zero-order valence-corrected chi connectivity index (χ0v) is 9.17. The van der Waals surface area contributed by atoms with Crippen molar-refractivity contribution in [2.24, 2.45) is 0 Å². The lowest BCUT2D eigenvalue weighted by Gasteiger charge is -2.06. The van der Waals surface area contributed by atoms with Gasteiger partial charge in [-0.15, -0.1) is 0 Å². The number of carbonyl (C=O) groups excluding carboxylic acids is 1. The number of rotatable bonds is 3. The monoisotopic (exact) mass is 259 g/mol. The minimum Gasteiger partial charge on any atom is -0.504 e. The van der Waals surface area contributed by atoms with Gasteiger partial charge in [0.05, 0.1) is 12.4 Å². The largest absolute Gasteiger partial charge is 0.504 e. The molecule has 14 heavy (non-hydrogen) atoms. The van der Waals surface area contributed by atoms with Gasteiger partial charge in [0.15, 0.2) is 11.5 Å². The molecule has 2 N–H and O–H groups in total. The molecule has 0 fully saturated rings. The molecule has 0 saturated heterocycles. The average molecular weight is 260 g/mol. The number of benzene rings is 1. The smallest absolute Gasteiger partial charge is 0.235 e. The van der Waals surface area contributed by atoms with Crippen molar-refractivity contribution in [2.45, 2.75) is 0 Å². The molecule has 0 atom stereocenters. The van der Waals surface area contributed by atoms with E-state index >= 15 is 0 Å². The zero-order valence-electron chi connectivity index (χ0n) is 7.58. The van der Waals surface area contributed by atoms with E-state index < -0.39 is 0 Å². The fourth-order valence-electron chi connectivity index (χ4n) is 0.950. The molecule has 0 spiro atoms. The molecule has 0 bridgehead atoms. The molecule has 0 aliphatic carbocycles. The quantitative estimate of drug-likeness (QED) is 0.642. The standard InChI is InChI=1S/C9H10BrNO3/c1-14-8-4-6(2-3-7(8)12)11-9(13)5-10/h2-4,12H,5H2,1H3,(H,11,13). The number of halogens is 1. The Balaban J connectivity index is 2.84. The van der Waals surface area contributed by atoms with Gasteiger partial charge in [0.25, 0.3) is 0 Å². The molecule has 0 unspecified atom stereocenters. The summed E-state index contributed by atoms with van der Waals surface area (Å²) in [5.74, 6) is 0.222. The first-order valence-corrected chi connectivity index (χ1v) is 5.02. The lowest BCUT2D eigenvalue weighted by molar-refractivity contribution is -0.113. The van der Waals surface area contributed by atoms with Crippen LogP contribution in [0.25, 0.3) is 0 Å². The second-order valence-corrected chi connectivity index (χ2v) is 3.13. The molecule has 0 heterocycles. The molecular weight excluding hydrogens is 250 g/mol. The van der Waals surface area contributed by atoms with Crippen LogP contribution in [0.15, 0.2) is 18.2 Å². The third kappa shape index (κ3) is 2.63. The maximum absolute atomic E-state index is 11.0. The number of hydrogen-bond acceptors (Lipinski definition) is 3. The SMILES string of the molecule is COc1cc(NC(=O)CBr)ccc1O. The third-order valence-electron chi connectivity index (χ3n) is 1.58. The van der Waals surface area contributed by atoms with Crippen LogP contribution in [0.5, 0.6) is 11.5 Å². The first-order valence-electron chi connectivity index (χ1n) is 3.90. The van der Waals surface area contributed by atoms with Crippen molar-refractivity contribution in [3.8, 4) is 11.5 Å². The fraction of sp³-hybridized carbons (Fsp3) is 0.222. The highest BCUT2D eigenvalue weighted by Gasteiger charge is 2.04. The molecule has 4 nitrogen and oxygen atoms in total. The van der Waals surface area contributed by atoms with E-state index in [1.807, 2.05) is 0 Å². The van der Waals surface area contributed by atoms with Crippen LogP contribution in [0.4, 0.5) is 5.69 Å². The number of phenolic OH excluding ortho intramolecular Hbond substituents is 1. The summed E-state index contributed by atoms with van der Waals surface area (Å²) < 4.78 is 4.89. The van der Waals surface area contributed by atoms with Gasteiger partial charge in [0.2, 0.25) is 5.91 Å². The van der Waals surface area contributed by atoms with Crippen molar-refractivity contribution in [2.75, 3.05) is 17.8 Å². The minimum atomic E-state index is -0.155. The van der Waals surface area contributed by atoms with Crippen LogP contribution in [0, 0.1) is 0 Å². The van der Waals surface area contributed by atoms with Crippen LogP contribution in [0.3, 0.4) is 0 Å². The zero-order chi connectivity index (χ0) is 10.6. The van der Waals surface area contributed by atoms with E-state index in [9.17, 15) is 9.90 Å². The molecule has 0 aliphatic heterocycles. The number of carbonyl (C=O) groups is 1. The van der Waals surface area contributed by atoms with E-state index in [4.69, 9.17) is 4.74 Å². The van der Waals surface area contributed by atoms with Gasteiger partial charge in [-0.05, 0) is 12.1 Å². The molecule has 0 radical (unpaired) electrons. The van der Waals surface area contributed by atoms with E-state index in [-0.39, 0.29) is 17.0 Å². The van der Waals surface area contributed by atoms with Gasteiger partial charge in [-0.3, -0.25) is 4.79 Å². The summed E-state index contributed by atoms with van der Waals surface area (Å²) >= 11 is 3.03. The van der Waals surface area contributed by atoms with Crippen LogP contribution in [0.1, 0.15) is 0 Å². The van der Waals surface area contributed by atoms with E-state index in [0.29, 0.717) is 11.4 Å². The Morgan fingerprint density at radius 3 is 2.93 bits per heavy atom. The van der Waals surface area contributed by atoms with Crippen molar-refractivity contribution >= 4 is 27.5 Å². The minimum absolute atomic E-state index is 0.0457. The predicted octanol–water partition coefficient (Wildman–Crippen LogP) is 1.73. The van der Waals surface area contributed by atoms with Crippen molar-refractivity contribution in [3.63, 3.8) is 0 Å². The van der Waals surface area contributed by atoms with Crippen LogP contribution in [-0.2, 0) is 4.79 Å². The Hall–Kier alpha value is -1.23. The van der Waals surface area contributed by atoms with Gasteiger partial charge in [0.1, 0.15) is 0 Å². The highest BCUT2D eigenvalue weighted by molar-refractivity contribution is 9.09. The van der Waals surface area contributed by atoms with Gasteiger partial charge < -0.3 is 15.2 Å². The van der Waals surface area contributed by atoms with Crippen LogP contribution in [-0.4, -0.2) is 23.5 Å². The molecule has 76 valence electrons. The van der Waals surface area contributed by atoms with E-state index in [1.54, 1.807) is 12.1 Å². The summed E-state index contributed by atoms with van der Waals surface area (Å²) in [6.07, 6.45) is 0. The molecule has 0 saturated carbocycles. The number of anilines is 1. The Labute approximate surface area is 90.0 Å². The van der Waals surface area contributed by atoms with Crippen LogP contribution < -0.4 is 10.1 Å². The summed E-state index contributed by atoms with van der Waals surface area (Å²) in [7, 11) is 1.45. The number of phenols is 1. The number of alkyl halides is 1. The molecule has 1 amide bonds. The van der Waals surface area contributed by atoms with Crippen LogP contribution >= 0.6 is 15.9 Å². The Bertz CT molecular complexity index is 341. The van der Waals surface area contributed by atoms with Gasteiger partial charge in [-0.2, -0.15) is 0 Å². The number of methoxy groups -OCH3 is 1. The number of ether oxygens (including phenoxy) is 1. The summed E-state index contributed by atoms with van der Waals surface area (Å²) in [6.45, 7) is 0.